The minimum Gasteiger partial charge on any atom is -0.546 e. The van der Waals surface area contributed by atoms with Crippen molar-refractivity contribution in [2.24, 2.45) is 5.16 Å². The highest BCUT2D eigenvalue weighted by Gasteiger charge is 2.53. The third kappa shape index (κ3) is 5.27. The smallest absolute Gasteiger partial charge is 0.276 e. The maximum atomic E-state index is 13.1. The van der Waals surface area contributed by atoms with Gasteiger partial charge < -0.3 is 35.7 Å². The molecule has 0 unspecified atom stereocenters. The van der Waals surface area contributed by atoms with Crippen molar-refractivity contribution in [2.45, 2.75) is 37.4 Å². The average Bonchev–Trinajstić information content (AvgIpc) is 3.28. The second kappa shape index (κ2) is 10.2. The largest absolute Gasteiger partial charge is 0.546 e. The monoisotopic (exact) mass is 545 g/mol. The van der Waals surface area contributed by atoms with E-state index in [4.69, 9.17) is 10.6 Å². The van der Waals surface area contributed by atoms with Gasteiger partial charge in [0.1, 0.15) is 17.1 Å². The molecule has 194 valence electrons. The third-order valence-corrected chi connectivity index (χ3v) is 7.53. The van der Waals surface area contributed by atoms with Crippen molar-refractivity contribution in [3.63, 3.8) is 0 Å². The zero-order valence-corrected chi connectivity index (χ0v) is 21.2. The Morgan fingerprint density at radius 1 is 1.30 bits per heavy atom. The first-order valence-corrected chi connectivity index (χ1v) is 12.7. The molecule has 2 aromatic rings. The van der Waals surface area contributed by atoms with Crippen molar-refractivity contribution in [1.82, 2.24) is 15.2 Å². The molecule has 2 amide bonds. The fraction of sp³-hybridized carbons (Fsp3) is 0.318. The van der Waals surface area contributed by atoms with Crippen LogP contribution in [0.15, 0.2) is 52.4 Å². The summed E-state index contributed by atoms with van der Waals surface area (Å²) >= 11 is 2.30. The molecule has 0 bridgehead atoms. The average molecular weight is 546 g/mol. The van der Waals surface area contributed by atoms with E-state index < -0.39 is 46.5 Å². The zero-order chi connectivity index (χ0) is 26.9. The molecular formula is C22H21N6O7S2-. The van der Waals surface area contributed by atoms with E-state index in [0.29, 0.717) is 11.3 Å². The Kier molecular flexibility index (Phi) is 7.18. The Bertz CT molecular complexity index is 1320. The molecule has 0 radical (unpaired) electrons. The molecule has 15 heteroatoms. The van der Waals surface area contributed by atoms with Crippen LogP contribution in [0.1, 0.15) is 19.5 Å². The first kappa shape index (κ1) is 26.1. The topological polar surface area (TPSA) is 194 Å². The van der Waals surface area contributed by atoms with Crippen LogP contribution in [0, 0.1) is 0 Å². The van der Waals surface area contributed by atoms with Crippen LogP contribution in [0.25, 0.3) is 0 Å². The van der Waals surface area contributed by atoms with Gasteiger partial charge in [0, 0.05) is 28.8 Å². The van der Waals surface area contributed by atoms with Gasteiger partial charge in [0.15, 0.2) is 35.4 Å². The fourth-order valence-corrected chi connectivity index (χ4v) is 5.44. The molecule has 13 nitrogen and oxygen atoms in total. The van der Waals surface area contributed by atoms with Crippen molar-refractivity contribution in [2.75, 3.05) is 11.5 Å². The number of aromatic nitrogens is 2. The second-order valence-corrected chi connectivity index (χ2v) is 10.5. The number of pyridine rings is 1. The van der Waals surface area contributed by atoms with E-state index in [1.165, 1.54) is 31.0 Å². The van der Waals surface area contributed by atoms with Crippen LogP contribution in [0.4, 0.5) is 5.13 Å². The number of β-lactam (4-membered cyclic amide) rings is 1. The van der Waals surface area contributed by atoms with Gasteiger partial charge in [0.25, 0.3) is 11.8 Å². The lowest BCUT2D eigenvalue weighted by atomic mass is 10.0. The van der Waals surface area contributed by atoms with Gasteiger partial charge in [0.2, 0.25) is 0 Å². The number of aliphatic carboxylic acids is 2. The number of fused-ring (bicyclic) bond motifs is 1. The van der Waals surface area contributed by atoms with E-state index in [9.17, 15) is 29.4 Å². The Morgan fingerprint density at radius 3 is 2.59 bits per heavy atom. The number of carboxylic acids is 2. The number of oxime groups is 1. The number of carboxylic acid groups (broad SMARTS) is 2. The van der Waals surface area contributed by atoms with E-state index >= 15 is 0 Å². The summed E-state index contributed by atoms with van der Waals surface area (Å²) in [4.78, 5) is 59.4. The summed E-state index contributed by atoms with van der Waals surface area (Å²) in [6.45, 7) is 2.61. The molecule has 0 saturated carbocycles. The van der Waals surface area contributed by atoms with Gasteiger partial charge in [-0.05, 0) is 13.8 Å². The molecule has 1 fully saturated rings. The number of carbonyl (C=O) groups excluding carboxylic acids is 4. The summed E-state index contributed by atoms with van der Waals surface area (Å²) in [6.07, 6.45) is 3.54. The molecular weight excluding hydrogens is 524 g/mol. The zero-order valence-electron chi connectivity index (χ0n) is 19.6. The van der Waals surface area contributed by atoms with Crippen molar-refractivity contribution >= 4 is 57.7 Å². The van der Waals surface area contributed by atoms with Crippen LogP contribution < -0.4 is 25.8 Å². The molecule has 4 heterocycles. The van der Waals surface area contributed by atoms with Crippen LogP contribution in [-0.4, -0.2) is 62.1 Å². The number of nitrogens with one attached hydrogen (secondary N) is 1. The first-order valence-electron chi connectivity index (χ1n) is 10.8. The maximum absolute atomic E-state index is 13.1. The van der Waals surface area contributed by atoms with Crippen molar-refractivity contribution < 1.29 is 38.8 Å². The predicted octanol–water partition coefficient (Wildman–Crippen LogP) is -2.63. The summed E-state index contributed by atoms with van der Waals surface area (Å²) in [7, 11) is 0. The molecule has 2 aromatic heterocycles. The number of rotatable bonds is 9. The minimum atomic E-state index is -1.86. The predicted molar refractivity (Wildman–Crippen MR) is 127 cm³/mol. The molecule has 37 heavy (non-hydrogen) atoms. The lowest BCUT2D eigenvalue weighted by Gasteiger charge is -2.50. The number of hydrogen-bond donors (Lipinski definition) is 2. The van der Waals surface area contributed by atoms with Gasteiger partial charge in [-0.15, -0.1) is 23.1 Å². The van der Waals surface area contributed by atoms with Crippen LogP contribution in [0.2, 0.25) is 0 Å². The molecule has 2 aliphatic heterocycles. The highest BCUT2D eigenvalue weighted by atomic mass is 32.2. The van der Waals surface area contributed by atoms with Crippen LogP contribution in [-0.2, 0) is 30.6 Å². The number of hydrogen-bond acceptors (Lipinski definition) is 12. The maximum Gasteiger partial charge on any atom is 0.276 e. The standard InChI is InChI=1S/C22H22N6O7S2/c1-22(2,20(33)34)35-26-13(12-10-37-21(23)24-12)16(29)25-14-17(30)28-15(19(31)32)11(9-36-18(14)28)8-27-6-4-3-5-7-27/h3-7,10,14,18H,8-9H2,1-2H3,(H4-,23,24,25,29,31,32,33,34)/p-1/b26-13-/t14-,18-/m1/s1. The first-order chi connectivity index (χ1) is 17.5. The highest BCUT2D eigenvalue weighted by Crippen LogP contribution is 2.40. The van der Waals surface area contributed by atoms with E-state index in [2.05, 4.69) is 15.5 Å². The van der Waals surface area contributed by atoms with Crippen LogP contribution in [0.3, 0.4) is 0 Å². The molecule has 3 N–H and O–H groups in total. The van der Waals surface area contributed by atoms with Gasteiger partial charge >= 0.3 is 0 Å². The van der Waals surface area contributed by atoms with Crippen molar-refractivity contribution in [3.05, 3.63) is 52.9 Å². The van der Waals surface area contributed by atoms with Crippen LogP contribution in [0.5, 0.6) is 0 Å². The van der Waals surface area contributed by atoms with Gasteiger partial charge in [-0.25, -0.2) is 9.55 Å². The Morgan fingerprint density at radius 2 is 2.00 bits per heavy atom. The Labute approximate surface area is 218 Å². The lowest BCUT2D eigenvalue weighted by Crippen LogP contribution is -2.71. The summed E-state index contributed by atoms with van der Waals surface area (Å²) < 4.78 is 1.78. The number of nitrogens with zero attached hydrogens (tertiary/aromatic N) is 4. The normalized spacial score (nSPS) is 19.7. The number of carbonyl (C=O) groups is 4. The highest BCUT2D eigenvalue weighted by molar-refractivity contribution is 8.00. The van der Waals surface area contributed by atoms with Gasteiger partial charge in [-0.3, -0.25) is 14.5 Å². The second-order valence-electron chi connectivity index (χ2n) is 8.55. The van der Waals surface area contributed by atoms with Crippen LogP contribution >= 0.6 is 23.1 Å². The van der Waals surface area contributed by atoms with E-state index in [1.807, 2.05) is 6.07 Å². The van der Waals surface area contributed by atoms with Gasteiger partial charge in [-0.2, -0.15) is 0 Å². The Hall–Kier alpha value is -3.98. The number of amides is 2. The molecule has 1 saturated heterocycles. The number of thiazole rings is 1. The molecule has 0 aliphatic carbocycles. The number of nitrogen functional groups attached to an aromatic ring is 1. The molecule has 4 rings (SSSR count). The quantitative estimate of drug-likeness (QED) is 0.146. The molecule has 0 aromatic carbocycles. The van der Waals surface area contributed by atoms with E-state index in [-0.39, 0.29) is 23.1 Å². The SMILES string of the molecule is CC(C)(O/N=C(\C(=O)N[C@@H]1C(=O)N2C(C(=O)[O-])=C(C[n+]3ccccc3)CS[C@H]12)c1csc(N)n1)C(=O)[O-]. The number of nitrogens with two attached hydrogens (primary N) is 1. The fourth-order valence-electron chi connectivity index (χ4n) is 3.56. The van der Waals surface area contributed by atoms with Crippen molar-refractivity contribution in [3.8, 4) is 0 Å². The third-order valence-electron chi connectivity index (χ3n) is 5.51. The lowest BCUT2D eigenvalue weighted by molar-refractivity contribution is -0.689. The van der Waals surface area contributed by atoms with Crippen molar-refractivity contribution in [1.29, 1.82) is 0 Å². The van der Waals surface area contributed by atoms with Gasteiger partial charge in [-0.1, -0.05) is 11.2 Å². The van der Waals surface area contributed by atoms with E-state index in [0.717, 1.165) is 16.2 Å². The molecule has 0 spiro atoms. The number of thioether (sulfide) groups is 1. The summed E-state index contributed by atoms with van der Waals surface area (Å²) in [5.41, 5.74) is 3.65. The van der Waals surface area contributed by atoms with E-state index in [1.54, 1.807) is 29.1 Å². The number of anilines is 1. The Balaban J connectivity index is 1.55. The summed E-state index contributed by atoms with van der Waals surface area (Å²) in [5, 5.41) is 30.3. The molecule has 2 aliphatic rings. The van der Waals surface area contributed by atoms with Gasteiger partial charge in [0.05, 0.1) is 17.6 Å². The minimum absolute atomic E-state index is 0.00608. The molecule has 2 atom stereocenters. The summed E-state index contributed by atoms with van der Waals surface area (Å²) in [6, 6.07) is 4.34. The summed E-state index contributed by atoms with van der Waals surface area (Å²) in [5.74, 6) is -4.30.